The third-order valence-electron chi connectivity index (χ3n) is 2.50. The minimum atomic E-state index is -0.418. The lowest BCUT2D eigenvalue weighted by molar-refractivity contribution is 0.422. The number of para-hydroxylation sites is 1. The van der Waals surface area contributed by atoms with Gasteiger partial charge < -0.3 is 10.5 Å². The van der Waals surface area contributed by atoms with E-state index in [1.807, 2.05) is 13.0 Å². The van der Waals surface area contributed by atoms with Crippen molar-refractivity contribution in [2.24, 2.45) is 5.73 Å². The van der Waals surface area contributed by atoms with E-state index in [9.17, 15) is 4.39 Å². The molecule has 0 saturated carbocycles. The van der Waals surface area contributed by atoms with Crippen LogP contribution in [0.15, 0.2) is 36.5 Å². The largest absolute Gasteiger partial charge is 0.436 e. The zero-order chi connectivity index (χ0) is 12.3. The van der Waals surface area contributed by atoms with E-state index in [0.29, 0.717) is 12.4 Å². The fraction of sp³-hybridized carbons (Fsp3) is 0.154. The molecule has 88 valence electrons. The van der Waals surface area contributed by atoms with Gasteiger partial charge in [0.15, 0.2) is 11.6 Å². The molecule has 1 heterocycles. The Morgan fingerprint density at radius 3 is 2.76 bits per heavy atom. The number of hydrogen-bond acceptors (Lipinski definition) is 3. The summed E-state index contributed by atoms with van der Waals surface area (Å²) in [6.45, 7) is 2.22. The van der Waals surface area contributed by atoms with Crippen LogP contribution in [0, 0.1) is 12.7 Å². The zero-order valence-electron chi connectivity index (χ0n) is 9.48. The van der Waals surface area contributed by atoms with Crippen LogP contribution in [-0.4, -0.2) is 4.98 Å². The number of benzene rings is 1. The van der Waals surface area contributed by atoms with Gasteiger partial charge in [0.05, 0.1) is 0 Å². The Hall–Kier alpha value is -1.94. The summed E-state index contributed by atoms with van der Waals surface area (Å²) in [5.74, 6) is 0.0941. The lowest BCUT2D eigenvalue weighted by Crippen LogP contribution is -2.04. The fourth-order valence-corrected chi connectivity index (χ4v) is 1.53. The predicted molar refractivity (Wildman–Crippen MR) is 63.3 cm³/mol. The molecular weight excluding hydrogens is 219 g/mol. The van der Waals surface area contributed by atoms with Gasteiger partial charge in [-0.05, 0) is 30.7 Å². The summed E-state index contributed by atoms with van der Waals surface area (Å²) in [5.41, 5.74) is 7.40. The van der Waals surface area contributed by atoms with E-state index in [2.05, 4.69) is 4.98 Å². The molecule has 3 nitrogen and oxygen atoms in total. The summed E-state index contributed by atoms with van der Waals surface area (Å²) in [5, 5.41) is 0. The molecule has 0 unspecified atom stereocenters. The van der Waals surface area contributed by atoms with E-state index < -0.39 is 5.82 Å². The van der Waals surface area contributed by atoms with Gasteiger partial charge in [0.1, 0.15) is 0 Å². The summed E-state index contributed by atoms with van der Waals surface area (Å²) in [6.07, 6.45) is 1.62. The van der Waals surface area contributed by atoms with Gasteiger partial charge in [-0.3, -0.25) is 0 Å². The number of aryl methyl sites for hydroxylation is 1. The molecule has 17 heavy (non-hydrogen) atoms. The Labute approximate surface area is 99.1 Å². The van der Waals surface area contributed by atoms with E-state index >= 15 is 0 Å². The molecule has 0 atom stereocenters. The highest BCUT2D eigenvalue weighted by atomic mass is 19.1. The van der Waals surface area contributed by atoms with Crippen LogP contribution in [0.3, 0.4) is 0 Å². The van der Waals surface area contributed by atoms with Crippen molar-refractivity contribution in [1.29, 1.82) is 0 Å². The van der Waals surface area contributed by atoms with Crippen LogP contribution in [-0.2, 0) is 6.54 Å². The molecule has 0 aliphatic heterocycles. The molecular formula is C13H13FN2O. The summed E-state index contributed by atoms with van der Waals surface area (Å²) < 4.78 is 18.9. The van der Waals surface area contributed by atoms with Crippen molar-refractivity contribution >= 4 is 0 Å². The van der Waals surface area contributed by atoms with Crippen LogP contribution >= 0.6 is 0 Å². The molecule has 0 spiro atoms. The smallest absolute Gasteiger partial charge is 0.224 e. The Morgan fingerprint density at radius 1 is 1.29 bits per heavy atom. The number of rotatable bonds is 3. The minimum Gasteiger partial charge on any atom is -0.436 e. The summed E-state index contributed by atoms with van der Waals surface area (Å²) in [6, 6.07) is 8.05. The predicted octanol–water partition coefficient (Wildman–Crippen LogP) is 2.78. The monoisotopic (exact) mass is 232 g/mol. The van der Waals surface area contributed by atoms with Crippen LogP contribution < -0.4 is 10.5 Å². The van der Waals surface area contributed by atoms with Crippen LogP contribution in [0.4, 0.5) is 4.39 Å². The number of halogens is 1. The van der Waals surface area contributed by atoms with Crippen molar-refractivity contribution in [2.75, 3.05) is 0 Å². The molecule has 2 aromatic rings. The van der Waals surface area contributed by atoms with Crippen molar-refractivity contribution in [3.05, 3.63) is 53.5 Å². The van der Waals surface area contributed by atoms with Crippen molar-refractivity contribution in [2.45, 2.75) is 13.5 Å². The maximum atomic E-state index is 13.4. The third kappa shape index (κ3) is 2.42. The molecule has 1 aromatic carbocycles. The number of pyridine rings is 1. The first kappa shape index (κ1) is 11.5. The highest BCUT2D eigenvalue weighted by molar-refractivity contribution is 5.37. The standard InChI is InChI=1S/C13H13FN2O/c1-9-6-7-16-13(10(9)8-15)17-12-5-3-2-4-11(12)14/h2-7H,8,15H2,1H3. The van der Waals surface area contributed by atoms with Gasteiger partial charge >= 0.3 is 0 Å². The molecule has 0 aliphatic carbocycles. The van der Waals surface area contributed by atoms with Gasteiger partial charge in [-0.1, -0.05) is 12.1 Å². The molecule has 0 fully saturated rings. The summed E-state index contributed by atoms with van der Waals surface area (Å²) in [7, 11) is 0. The molecule has 0 bridgehead atoms. The quantitative estimate of drug-likeness (QED) is 0.885. The second kappa shape index (κ2) is 4.93. The van der Waals surface area contributed by atoms with Gasteiger partial charge in [-0.2, -0.15) is 0 Å². The highest BCUT2D eigenvalue weighted by Gasteiger charge is 2.10. The van der Waals surface area contributed by atoms with Gasteiger partial charge in [0.2, 0.25) is 5.88 Å². The number of nitrogens with zero attached hydrogens (tertiary/aromatic N) is 1. The zero-order valence-corrected chi connectivity index (χ0v) is 9.48. The molecule has 0 saturated heterocycles. The van der Waals surface area contributed by atoms with Crippen molar-refractivity contribution in [3.8, 4) is 11.6 Å². The third-order valence-corrected chi connectivity index (χ3v) is 2.50. The molecule has 0 aliphatic rings. The normalized spacial score (nSPS) is 10.3. The number of nitrogens with two attached hydrogens (primary N) is 1. The van der Waals surface area contributed by atoms with E-state index in [0.717, 1.165) is 11.1 Å². The summed E-state index contributed by atoms with van der Waals surface area (Å²) in [4.78, 5) is 4.08. The SMILES string of the molecule is Cc1ccnc(Oc2ccccc2F)c1CN. The van der Waals surface area contributed by atoms with E-state index in [-0.39, 0.29) is 5.75 Å². The van der Waals surface area contributed by atoms with Crippen molar-refractivity contribution in [3.63, 3.8) is 0 Å². The Kier molecular flexibility index (Phi) is 3.35. The van der Waals surface area contributed by atoms with Gasteiger partial charge in [-0.15, -0.1) is 0 Å². The van der Waals surface area contributed by atoms with Gasteiger partial charge in [0.25, 0.3) is 0 Å². The van der Waals surface area contributed by atoms with E-state index in [1.165, 1.54) is 6.07 Å². The van der Waals surface area contributed by atoms with Gasteiger partial charge in [0, 0.05) is 18.3 Å². The second-order valence-electron chi connectivity index (χ2n) is 3.65. The number of ether oxygens (including phenoxy) is 1. The molecule has 4 heteroatoms. The highest BCUT2D eigenvalue weighted by Crippen LogP contribution is 2.26. The average Bonchev–Trinajstić information content (AvgIpc) is 2.32. The van der Waals surface area contributed by atoms with Crippen molar-refractivity contribution < 1.29 is 9.13 Å². The molecule has 2 rings (SSSR count). The van der Waals surface area contributed by atoms with Crippen LogP contribution in [0.2, 0.25) is 0 Å². The fourth-order valence-electron chi connectivity index (χ4n) is 1.53. The first-order valence-corrected chi connectivity index (χ1v) is 5.29. The minimum absolute atomic E-state index is 0.153. The maximum Gasteiger partial charge on any atom is 0.224 e. The van der Waals surface area contributed by atoms with Crippen LogP contribution in [0.25, 0.3) is 0 Å². The van der Waals surface area contributed by atoms with Crippen molar-refractivity contribution in [1.82, 2.24) is 4.98 Å². The maximum absolute atomic E-state index is 13.4. The Balaban J connectivity index is 2.37. The molecule has 1 aromatic heterocycles. The number of aromatic nitrogens is 1. The topological polar surface area (TPSA) is 48.1 Å². The van der Waals surface area contributed by atoms with Gasteiger partial charge in [-0.25, -0.2) is 9.37 Å². The lowest BCUT2D eigenvalue weighted by Gasteiger charge is -2.11. The molecule has 2 N–H and O–H groups in total. The average molecular weight is 232 g/mol. The Bertz CT molecular complexity index is 529. The first-order chi connectivity index (χ1) is 8.22. The lowest BCUT2D eigenvalue weighted by atomic mass is 10.1. The Morgan fingerprint density at radius 2 is 2.06 bits per heavy atom. The first-order valence-electron chi connectivity index (χ1n) is 5.29. The summed E-state index contributed by atoms with van der Waals surface area (Å²) >= 11 is 0. The van der Waals surface area contributed by atoms with Crippen LogP contribution in [0.5, 0.6) is 11.6 Å². The number of hydrogen-bond donors (Lipinski definition) is 1. The van der Waals surface area contributed by atoms with Crippen LogP contribution in [0.1, 0.15) is 11.1 Å². The van der Waals surface area contributed by atoms with E-state index in [4.69, 9.17) is 10.5 Å². The molecule has 0 amide bonds. The van der Waals surface area contributed by atoms with E-state index in [1.54, 1.807) is 24.4 Å². The molecule has 0 radical (unpaired) electrons. The second-order valence-corrected chi connectivity index (χ2v) is 3.65.